The van der Waals surface area contributed by atoms with Crippen LogP contribution in [0.4, 0.5) is 19.0 Å². The van der Waals surface area contributed by atoms with Crippen molar-refractivity contribution in [3.63, 3.8) is 0 Å². The summed E-state index contributed by atoms with van der Waals surface area (Å²) < 4.78 is 39.2. The number of H-pyrrole nitrogens is 2. The number of anilines is 1. The van der Waals surface area contributed by atoms with E-state index < -0.39 is 17.4 Å². The van der Waals surface area contributed by atoms with Gasteiger partial charge in [0.1, 0.15) is 5.82 Å². The Labute approximate surface area is 154 Å². The average molecular weight is 400 g/mol. The molecule has 136 valence electrons. The molecule has 0 unspecified atom stereocenters. The second kappa shape index (κ2) is 6.53. The lowest BCUT2D eigenvalue weighted by Crippen LogP contribution is -2.21. The van der Waals surface area contributed by atoms with E-state index in [0.29, 0.717) is 16.9 Å². The zero-order valence-electron chi connectivity index (χ0n) is 12.8. The molecular formula is C14H11F3N6OS2. The van der Waals surface area contributed by atoms with E-state index in [1.807, 2.05) is 0 Å². The van der Waals surface area contributed by atoms with Crippen molar-refractivity contribution in [1.82, 2.24) is 19.6 Å². The molecule has 0 fully saturated rings. The van der Waals surface area contributed by atoms with Gasteiger partial charge in [0.15, 0.2) is 10.8 Å². The second-order valence-corrected chi connectivity index (χ2v) is 6.16. The molecule has 0 aliphatic rings. The molecule has 0 aliphatic heterocycles. The molecule has 3 rings (SSSR count). The van der Waals surface area contributed by atoms with Gasteiger partial charge in [0.05, 0.1) is 5.56 Å². The number of hydrogen-bond acceptors (Lipinski definition) is 4. The molecule has 0 spiro atoms. The topological polar surface area (TPSA) is 104 Å². The van der Waals surface area contributed by atoms with Gasteiger partial charge in [-0.05, 0) is 42.1 Å². The molecule has 0 amide bonds. The number of rotatable bonds is 3. The van der Waals surface area contributed by atoms with Crippen molar-refractivity contribution in [2.45, 2.75) is 12.6 Å². The number of aromatic nitrogens is 4. The fourth-order valence-electron chi connectivity index (χ4n) is 2.42. The van der Waals surface area contributed by atoms with Crippen LogP contribution in [0.3, 0.4) is 0 Å². The summed E-state index contributed by atoms with van der Waals surface area (Å²) in [6, 6.07) is 4.66. The molecule has 12 heteroatoms. The fourth-order valence-corrected chi connectivity index (χ4v) is 2.70. The number of thiocarbonyl (C=S) groups is 1. The maximum atomic E-state index is 12.7. The van der Waals surface area contributed by atoms with Crippen LogP contribution < -0.4 is 16.7 Å². The predicted octanol–water partition coefficient (Wildman–Crippen LogP) is 2.35. The van der Waals surface area contributed by atoms with Gasteiger partial charge >= 0.3 is 11.9 Å². The smallest absolute Gasteiger partial charge is 0.376 e. The van der Waals surface area contributed by atoms with E-state index in [-0.39, 0.29) is 22.0 Å². The molecule has 26 heavy (non-hydrogen) atoms. The average Bonchev–Trinajstić information content (AvgIpc) is 2.84. The summed E-state index contributed by atoms with van der Waals surface area (Å²) in [5.41, 5.74) is 5.45. The summed E-state index contributed by atoms with van der Waals surface area (Å²) in [7, 11) is 0. The van der Waals surface area contributed by atoms with Crippen LogP contribution in [0, 0.1) is 4.77 Å². The summed E-state index contributed by atoms with van der Waals surface area (Å²) in [5.74, 6) is 0.302. The minimum atomic E-state index is -4.42. The maximum absolute atomic E-state index is 12.7. The number of nitrogens with two attached hydrogens (primary N) is 1. The number of fused-ring (bicyclic) bond motifs is 1. The van der Waals surface area contributed by atoms with E-state index >= 15 is 0 Å². The van der Waals surface area contributed by atoms with Crippen molar-refractivity contribution < 1.29 is 13.2 Å². The Morgan fingerprint density at radius 2 is 1.96 bits per heavy atom. The highest BCUT2D eigenvalue weighted by Gasteiger charge is 2.30. The van der Waals surface area contributed by atoms with E-state index in [4.69, 9.17) is 30.2 Å². The minimum absolute atomic E-state index is 0.0236. The molecule has 3 aromatic rings. The van der Waals surface area contributed by atoms with Crippen molar-refractivity contribution in [2.24, 2.45) is 5.73 Å². The summed E-state index contributed by atoms with van der Waals surface area (Å²) >= 11 is 9.73. The minimum Gasteiger partial charge on any atom is -0.376 e. The molecule has 2 aromatic heterocycles. The molecule has 7 nitrogen and oxygen atoms in total. The summed E-state index contributed by atoms with van der Waals surface area (Å²) in [6.45, 7) is 0. The van der Waals surface area contributed by atoms with Crippen molar-refractivity contribution >= 4 is 41.0 Å². The largest absolute Gasteiger partial charge is 0.416 e. The molecule has 0 saturated carbocycles. The predicted molar refractivity (Wildman–Crippen MR) is 95.7 cm³/mol. The number of halogens is 3. The van der Waals surface area contributed by atoms with Crippen LogP contribution in [0.25, 0.3) is 5.65 Å². The van der Waals surface area contributed by atoms with E-state index in [0.717, 1.165) is 16.6 Å². The number of alkyl halides is 3. The summed E-state index contributed by atoms with van der Waals surface area (Å²) in [4.78, 5) is 18.5. The van der Waals surface area contributed by atoms with Crippen LogP contribution in [0.15, 0.2) is 29.1 Å². The first kappa shape index (κ1) is 18.1. The van der Waals surface area contributed by atoms with Gasteiger partial charge in [0.25, 0.3) is 0 Å². The molecule has 0 radical (unpaired) electrons. The molecular weight excluding hydrogens is 389 g/mol. The zero-order valence-corrected chi connectivity index (χ0v) is 14.5. The van der Waals surface area contributed by atoms with Crippen LogP contribution in [0.5, 0.6) is 0 Å². The van der Waals surface area contributed by atoms with Crippen molar-refractivity contribution in [2.75, 3.05) is 5.32 Å². The van der Waals surface area contributed by atoms with E-state index in [2.05, 4.69) is 20.4 Å². The molecule has 0 bridgehead atoms. The third-order valence-corrected chi connectivity index (χ3v) is 3.84. The monoisotopic (exact) mass is 400 g/mol. The van der Waals surface area contributed by atoms with Crippen LogP contribution >= 0.6 is 24.4 Å². The van der Waals surface area contributed by atoms with Gasteiger partial charge in [-0.3, -0.25) is 10.1 Å². The van der Waals surface area contributed by atoms with Gasteiger partial charge in [0.2, 0.25) is 4.77 Å². The first-order chi connectivity index (χ1) is 12.1. The van der Waals surface area contributed by atoms with Gasteiger partial charge in [-0.25, -0.2) is 4.79 Å². The van der Waals surface area contributed by atoms with Crippen molar-refractivity contribution in [3.05, 3.63) is 56.2 Å². The number of aromatic amines is 2. The number of hydrogen-bond donors (Lipinski definition) is 4. The summed E-state index contributed by atoms with van der Waals surface area (Å²) in [5, 5.41) is 5.39. The molecule has 2 heterocycles. The van der Waals surface area contributed by atoms with Crippen LogP contribution in [0.2, 0.25) is 0 Å². The summed E-state index contributed by atoms with van der Waals surface area (Å²) in [6.07, 6.45) is -4.25. The third kappa shape index (κ3) is 3.60. The lowest BCUT2D eigenvalue weighted by molar-refractivity contribution is -0.137. The SMILES string of the molecule is NC(=S)Nc1[nH]n2c(=O)[nH]c(=S)nc2c1Cc1ccc(C(F)(F)F)cc1. The van der Waals surface area contributed by atoms with E-state index in [1.54, 1.807) is 0 Å². The molecule has 0 atom stereocenters. The van der Waals surface area contributed by atoms with E-state index in [1.165, 1.54) is 12.1 Å². The van der Waals surface area contributed by atoms with Crippen molar-refractivity contribution in [3.8, 4) is 0 Å². The van der Waals surface area contributed by atoms with Gasteiger partial charge in [-0.15, -0.1) is 0 Å². The Kier molecular flexibility index (Phi) is 4.54. The Morgan fingerprint density at radius 1 is 1.31 bits per heavy atom. The van der Waals surface area contributed by atoms with E-state index in [9.17, 15) is 18.0 Å². The molecule has 1 aromatic carbocycles. The van der Waals surface area contributed by atoms with Gasteiger partial charge in [0, 0.05) is 12.0 Å². The first-order valence-electron chi connectivity index (χ1n) is 7.11. The molecule has 0 saturated heterocycles. The Bertz CT molecular complexity index is 1100. The van der Waals surface area contributed by atoms with Crippen LogP contribution in [-0.2, 0) is 12.6 Å². The number of nitrogens with zero attached hydrogens (tertiary/aromatic N) is 2. The standard InChI is InChI=1S/C14H11F3N6OS2/c15-14(16,17)7-3-1-6(2-4-7)5-8-9(19-11(18)25)22-23-10(8)20-12(26)21-13(23)24/h1-4,22H,5H2,(H3,18,19,25)(H,21,24,26). The Hall–Kier alpha value is -2.73. The Balaban J connectivity index is 2.09. The second-order valence-electron chi connectivity index (χ2n) is 5.33. The lowest BCUT2D eigenvalue weighted by atomic mass is 10.0. The highest BCUT2D eigenvalue weighted by molar-refractivity contribution is 7.80. The first-order valence-corrected chi connectivity index (χ1v) is 7.93. The van der Waals surface area contributed by atoms with Crippen LogP contribution in [-0.4, -0.2) is 24.7 Å². The maximum Gasteiger partial charge on any atom is 0.416 e. The van der Waals surface area contributed by atoms with Gasteiger partial charge in [-0.2, -0.15) is 22.7 Å². The molecule has 5 N–H and O–H groups in total. The molecule has 0 aliphatic carbocycles. The highest BCUT2D eigenvalue weighted by atomic mass is 32.1. The Morgan fingerprint density at radius 3 is 2.54 bits per heavy atom. The lowest BCUT2D eigenvalue weighted by Gasteiger charge is -2.08. The number of nitrogens with one attached hydrogen (secondary N) is 3. The zero-order chi connectivity index (χ0) is 19.1. The normalized spacial score (nSPS) is 11.7. The van der Waals surface area contributed by atoms with Crippen LogP contribution in [0.1, 0.15) is 16.7 Å². The van der Waals surface area contributed by atoms with Crippen molar-refractivity contribution in [1.29, 1.82) is 0 Å². The van der Waals surface area contributed by atoms with Gasteiger partial charge in [-0.1, -0.05) is 12.1 Å². The quantitative estimate of drug-likeness (QED) is 0.503. The fraction of sp³-hybridized carbons (Fsp3) is 0.143. The number of benzene rings is 1. The highest BCUT2D eigenvalue weighted by Crippen LogP contribution is 2.30. The van der Waals surface area contributed by atoms with Gasteiger partial charge < -0.3 is 11.1 Å². The third-order valence-electron chi connectivity index (χ3n) is 3.54.